The number of Topliss-reactive ketones (excluding diaryl/α,β-unsaturated/α-hetero) is 1. The van der Waals surface area contributed by atoms with Gasteiger partial charge >= 0.3 is 6.18 Å². The second kappa shape index (κ2) is 5.56. The van der Waals surface area contributed by atoms with Gasteiger partial charge in [0.05, 0.1) is 10.6 Å². The third-order valence-electron chi connectivity index (χ3n) is 2.34. The Morgan fingerprint density at radius 1 is 1.26 bits per heavy atom. The Morgan fingerprint density at radius 2 is 1.84 bits per heavy atom. The van der Waals surface area contributed by atoms with Crippen LogP contribution in [0, 0.1) is 5.82 Å². The largest absolute Gasteiger partial charge is 0.449 e. The fraction of sp³-hybridized carbons (Fsp3) is 0.273. The van der Waals surface area contributed by atoms with Crippen LogP contribution in [0.25, 0.3) is 0 Å². The number of hydrogen-bond donors (Lipinski definition) is 1. The molecule has 0 saturated carbocycles. The first-order valence-corrected chi connectivity index (χ1v) is 5.38. The van der Waals surface area contributed by atoms with E-state index in [1.807, 2.05) is 0 Å². The van der Waals surface area contributed by atoms with Crippen molar-refractivity contribution in [2.75, 3.05) is 0 Å². The molecule has 0 saturated heterocycles. The van der Waals surface area contributed by atoms with Crippen molar-refractivity contribution in [3.63, 3.8) is 0 Å². The minimum absolute atomic E-state index is 0.211. The lowest BCUT2D eigenvalue weighted by Crippen LogP contribution is -2.23. The van der Waals surface area contributed by atoms with E-state index < -0.39 is 36.5 Å². The number of alkyl halides is 3. The van der Waals surface area contributed by atoms with Crippen molar-refractivity contribution in [3.05, 3.63) is 34.1 Å². The van der Waals surface area contributed by atoms with Crippen LogP contribution in [0.15, 0.2) is 12.1 Å². The fourth-order valence-electron chi connectivity index (χ4n) is 1.36. The zero-order chi connectivity index (χ0) is 14.8. The van der Waals surface area contributed by atoms with E-state index in [1.165, 1.54) is 0 Å². The molecule has 3 nitrogen and oxygen atoms in total. The standard InChI is InChI=1S/C11H8ClF4NO2/c12-7-4-8(13)5(3-6(7)10(17)19)1-2-9(18)11(14,15)16/h3-4H,1-2H2,(H2,17,19). The number of carbonyl (C=O) groups excluding carboxylic acids is 2. The molecule has 0 aromatic heterocycles. The Hall–Kier alpha value is -1.63. The van der Waals surface area contributed by atoms with Crippen molar-refractivity contribution in [3.8, 4) is 0 Å². The Bertz CT molecular complexity index is 528. The van der Waals surface area contributed by atoms with Gasteiger partial charge in [-0.25, -0.2) is 4.39 Å². The maximum atomic E-state index is 13.4. The lowest BCUT2D eigenvalue weighted by Gasteiger charge is -2.08. The van der Waals surface area contributed by atoms with Crippen LogP contribution < -0.4 is 5.73 Å². The zero-order valence-corrected chi connectivity index (χ0v) is 10.1. The third kappa shape index (κ3) is 3.92. The lowest BCUT2D eigenvalue weighted by molar-refractivity contribution is -0.171. The van der Waals surface area contributed by atoms with Crippen LogP contribution in [0.2, 0.25) is 5.02 Å². The van der Waals surface area contributed by atoms with E-state index in [2.05, 4.69) is 0 Å². The van der Waals surface area contributed by atoms with Crippen LogP contribution in [0.5, 0.6) is 0 Å². The summed E-state index contributed by atoms with van der Waals surface area (Å²) in [5.74, 6) is -3.80. The van der Waals surface area contributed by atoms with Gasteiger partial charge in [-0.1, -0.05) is 11.6 Å². The van der Waals surface area contributed by atoms with E-state index >= 15 is 0 Å². The minimum Gasteiger partial charge on any atom is -0.366 e. The lowest BCUT2D eigenvalue weighted by atomic mass is 10.0. The maximum absolute atomic E-state index is 13.4. The highest BCUT2D eigenvalue weighted by Crippen LogP contribution is 2.23. The molecule has 0 atom stereocenters. The Kier molecular flexibility index (Phi) is 4.52. The molecule has 0 aliphatic rings. The molecule has 0 bridgehead atoms. The van der Waals surface area contributed by atoms with E-state index in [4.69, 9.17) is 17.3 Å². The van der Waals surface area contributed by atoms with Crippen LogP contribution >= 0.6 is 11.6 Å². The molecule has 0 aliphatic carbocycles. The van der Waals surface area contributed by atoms with Crippen molar-refractivity contribution in [2.45, 2.75) is 19.0 Å². The topological polar surface area (TPSA) is 60.2 Å². The van der Waals surface area contributed by atoms with Gasteiger partial charge in [-0.15, -0.1) is 0 Å². The molecule has 0 radical (unpaired) electrons. The van der Waals surface area contributed by atoms with Crippen molar-refractivity contribution in [1.82, 2.24) is 0 Å². The molecule has 19 heavy (non-hydrogen) atoms. The van der Waals surface area contributed by atoms with Gasteiger partial charge in [-0.05, 0) is 24.1 Å². The summed E-state index contributed by atoms with van der Waals surface area (Å²) in [6.07, 6.45) is -6.38. The number of hydrogen-bond acceptors (Lipinski definition) is 2. The zero-order valence-electron chi connectivity index (χ0n) is 9.35. The smallest absolute Gasteiger partial charge is 0.366 e. The monoisotopic (exact) mass is 297 g/mol. The molecule has 8 heteroatoms. The second-order valence-corrected chi connectivity index (χ2v) is 4.12. The normalized spacial score (nSPS) is 11.4. The van der Waals surface area contributed by atoms with Gasteiger partial charge in [0.2, 0.25) is 11.7 Å². The van der Waals surface area contributed by atoms with E-state index in [-0.39, 0.29) is 16.1 Å². The molecule has 104 valence electrons. The number of benzene rings is 1. The predicted molar refractivity (Wildman–Crippen MR) is 59.3 cm³/mol. The predicted octanol–water partition coefficient (Wildman–Crippen LogP) is 2.64. The van der Waals surface area contributed by atoms with Gasteiger partial charge in [-0.2, -0.15) is 13.2 Å². The van der Waals surface area contributed by atoms with Gasteiger partial charge in [0.25, 0.3) is 0 Å². The number of halogens is 5. The number of carbonyl (C=O) groups is 2. The molecular formula is C11H8ClF4NO2. The highest BCUT2D eigenvalue weighted by molar-refractivity contribution is 6.33. The van der Waals surface area contributed by atoms with Gasteiger partial charge < -0.3 is 5.73 Å². The van der Waals surface area contributed by atoms with Crippen molar-refractivity contribution >= 4 is 23.3 Å². The average Bonchev–Trinajstić information content (AvgIpc) is 2.25. The van der Waals surface area contributed by atoms with Crippen LogP contribution in [-0.2, 0) is 11.2 Å². The summed E-state index contributed by atoms with van der Waals surface area (Å²) in [4.78, 5) is 21.6. The molecule has 1 aromatic carbocycles. The van der Waals surface area contributed by atoms with Gasteiger partial charge in [-0.3, -0.25) is 9.59 Å². The number of nitrogens with two attached hydrogens (primary N) is 1. The highest BCUT2D eigenvalue weighted by Gasteiger charge is 2.37. The maximum Gasteiger partial charge on any atom is 0.449 e. The van der Waals surface area contributed by atoms with Crippen LogP contribution in [0.4, 0.5) is 17.6 Å². The summed E-state index contributed by atoms with van der Waals surface area (Å²) in [7, 11) is 0. The summed E-state index contributed by atoms with van der Waals surface area (Å²) < 4.78 is 49.4. The van der Waals surface area contributed by atoms with Crippen molar-refractivity contribution < 1.29 is 27.2 Å². The summed E-state index contributed by atoms with van der Waals surface area (Å²) in [6.45, 7) is 0. The molecule has 0 fully saturated rings. The fourth-order valence-corrected chi connectivity index (χ4v) is 1.61. The molecule has 2 N–H and O–H groups in total. The van der Waals surface area contributed by atoms with E-state index in [1.54, 1.807) is 0 Å². The first kappa shape index (κ1) is 15.4. The number of ketones is 1. The number of rotatable bonds is 4. The number of amides is 1. The van der Waals surface area contributed by atoms with Gasteiger partial charge in [0.1, 0.15) is 5.82 Å². The van der Waals surface area contributed by atoms with Crippen molar-refractivity contribution in [2.24, 2.45) is 5.73 Å². The summed E-state index contributed by atoms with van der Waals surface area (Å²) >= 11 is 5.54. The Balaban J connectivity index is 2.93. The summed E-state index contributed by atoms with van der Waals surface area (Å²) in [5.41, 5.74) is 4.53. The van der Waals surface area contributed by atoms with Gasteiger partial charge in [0, 0.05) is 6.42 Å². The van der Waals surface area contributed by atoms with Crippen LogP contribution in [0.1, 0.15) is 22.3 Å². The molecule has 1 aromatic rings. The molecule has 0 spiro atoms. The van der Waals surface area contributed by atoms with Crippen LogP contribution in [-0.4, -0.2) is 17.9 Å². The summed E-state index contributed by atoms with van der Waals surface area (Å²) in [5, 5.41) is -0.240. The number of primary amides is 1. The quantitative estimate of drug-likeness (QED) is 0.869. The third-order valence-corrected chi connectivity index (χ3v) is 2.65. The van der Waals surface area contributed by atoms with E-state index in [9.17, 15) is 27.2 Å². The second-order valence-electron chi connectivity index (χ2n) is 3.71. The Labute approximate surface area is 110 Å². The Morgan fingerprint density at radius 3 is 2.32 bits per heavy atom. The van der Waals surface area contributed by atoms with Gasteiger partial charge in [0.15, 0.2) is 0 Å². The van der Waals surface area contributed by atoms with E-state index in [0.29, 0.717) is 0 Å². The molecule has 0 aliphatic heterocycles. The number of aryl methyl sites for hydroxylation is 1. The molecule has 1 rings (SSSR count). The molecular weight excluding hydrogens is 290 g/mol. The van der Waals surface area contributed by atoms with E-state index in [0.717, 1.165) is 12.1 Å². The first-order chi connectivity index (χ1) is 8.62. The van der Waals surface area contributed by atoms with Crippen LogP contribution in [0.3, 0.4) is 0 Å². The first-order valence-electron chi connectivity index (χ1n) is 5.00. The molecule has 0 unspecified atom stereocenters. The molecule has 1 amide bonds. The van der Waals surface area contributed by atoms with Crippen molar-refractivity contribution in [1.29, 1.82) is 0 Å². The minimum atomic E-state index is -4.96. The average molecular weight is 298 g/mol. The SMILES string of the molecule is NC(=O)c1cc(CCC(=O)C(F)(F)F)c(F)cc1Cl. The highest BCUT2D eigenvalue weighted by atomic mass is 35.5. The summed E-state index contributed by atoms with van der Waals surface area (Å²) in [6, 6.07) is 1.72. The molecule has 0 heterocycles.